The van der Waals surface area contributed by atoms with Gasteiger partial charge in [-0.1, -0.05) is 42.0 Å². The Hall–Kier alpha value is -2.62. The van der Waals surface area contributed by atoms with E-state index in [1.54, 1.807) is 24.3 Å². The number of carbonyl (C=O) groups excluding carboxylic acids is 2. The molecule has 0 saturated carbocycles. The SMILES string of the molecule is Cc1ccc(CNC(=O)c2ccccc2NC=O)cc1. The summed E-state index contributed by atoms with van der Waals surface area (Å²) < 4.78 is 0. The van der Waals surface area contributed by atoms with Gasteiger partial charge in [-0.15, -0.1) is 0 Å². The number of rotatable bonds is 5. The van der Waals surface area contributed by atoms with Crippen LogP contribution in [0.4, 0.5) is 5.69 Å². The molecule has 0 aliphatic heterocycles. The fraction of sp³-hybridized carbons (Fsp3) is 0.125. The van der Waals surface area contributed by atoms with Crippen molar-refractivity contribution in [1.29, 1.82) is 0 Å². The molecule has 2 aromatic rings. The number of para-hydroxylation sites is 1. The van der Waals surface area contributed by atoms with Crippen LogP contribution < -0.4 is 10.6 Å². The number of carbonyl (C=O) groups is 2. The van der Waals surface area contributed by atoms with Gasteiger partial charge >= 0.3 is 0 Å². The lowest BCUT2D eigenvalue weighted by molar-refractivity contribution is -0.105. The van der Waals surface area contributed by atoms with Crippen molar-refractivity contribution in [2.75, 3.05) is 5.32 Å². The lowest BCUT2D eigenvalue weighted by Crippen LogP contribution is -2.23. The third-order valence-corrected chi connectivity index (χ3v) is 2.96. The maximum atomic E-state index is 12.1. The fourth-order valence-corrected chi connectivity index (χ4v) is 1.85. The first kappa shape index (κ1) is 13.8. The molecular weight excluding hydrogens is 252 g/mol. The number of amides is 2. The Balaban J connectivity index is 2.05. The molecule has 0 radical (unpaired) electrons. The highest BCUT2D eigenvalue weighted by atomic mass is 16.1. The van der Waals surface area contributed by atoms with Crippen molar-refractivity contribution in [2.45, 2.75) is 13.5 Å². The zero-order valence-electron chi connectivity index (χ0n) is 11.2. The molecule has 0 spiro atoms. The summed E-state index contributed by atoms with van der Waals surface area (Å²) in [5.41, 5.74) is 3.17. The third kappa shape index (κ3) is 3.45. The van der Waals surface area contributed by atoms with Gasteiger partial charge in [-0.25, -0.2) is 0 Å². The topological polar surface area (TPSA) is 58.2 Å². The quantitative estimate of drug-likeness (QED) is 0.818. The van der Waals surface area contributed by atoms with Crippen LogP contribution in [-0.4, -0.2) is 12.3 Å². The molecule has 2 aromatic carbocycles. The Morgan fingerprint density at radius 1 is 1.10 bits per heavy atom. The predicted molar refractivity (Wildman–Crippen MR) is 78.5 cm³/mol. The zero-order chi connectivity index (χ0) is 14.4. The van der Waals surface area contributed by atoms with Crippen molar-refractivity contribution in [3.63, 3.8) is 0 Å². The van der Waals surface area contributed by atoms with Gasteiger partial charge in [0.15, 0.2) is 0 Å². The van der Waals surface area contributed by atoms with Crippen molar-refractivity contribution in [2.24, 2.45) is 0 Å². The molecule has 0 aliphatic rings. The van der Waals surface area contributed by atoms with Crippen LogP contribution in [0.3, 0.4) is 0 Å². The van der Waals surface area contributed by atoms with Crippen LogP contribution in [0.1, 0.15) is 21.5 Å². The van der Waals surface area contributed by atoms with E-state index in [9.17, 15) is 9.59 Å². The highest BCUT2D eigenvalue weighted by Crippen LogP contribution is 2.14. The summed E-state index contributed by atoms with van der Waals surface area (Å²) in [6, 6.07) is 14.9. The maximum Gasteiger partial charge on any atom is 0.253 e. The number of aryl methyl sites for hydroxylation is 1. The molecule has 2 rings (SSSR count). The van der Waals surface area contributed by atoms with Crippen molar-refractivity contribution < 1.29 is 9.59 Å². The minimum Gasteiger partial charge on any atom is -0.348 e. The van der Waals surface area contributed by atoms with E-state index in [4.69, 9.17) is 0 Å². The summed E-state index contributed by atoms with van der Waals surface area (Å²) in [6.45, 7) is 2.47. The van der Waals surface area contributed by atoms with Crippen molar-refractivity contribution in [3.05, 3.63) is 65.2 Å². The predicted octanol–water partition coefficient (Wildman–Crippen LogP) is 2.49. The van der Waals surface area contributed by atoms with E-state index >= 15 is 0 Å². The van der Waals surface area contributed by atoms with E-state index in [2.05, 4.69) is 10.6 Å². The van der Waals surface area contributed by atoms with Gasteiger partial charge in [0.2, 0.25) is 6.41 Å². The number of benzene rings is 2. The average Bonchev–Trinajstić information content (AvgIpc) is 2.47. The van der Waals surface area contributed by atoms with Crippen LogP contribution >= 0.6 is 0 Å². The highest BCUT2D eigenvalue weighted by molar-refractivity contribution is 6.01. The summed E-state index contributed by atoms with van der Waals surface area (Å²) in [5, 5.41) is 5.36. The lowest BCUT2D eigenvalue weighted by atomic mass is 10.1. The average molecular weight is 268 g/mol. The van der Waals surface area contributed by atoms with Gasteiger partial charge in [0, 0.05) is 6.54 Å². The highest BCUT2D eigenvalue weighted by Gasteiger charge is 2.09. The van der Waals surface area contributed by atoms with Crippen LogP contribution in [0.5, 0.6) is 0 Å². The van der Waals surface area contributed by atoms with Crippen LogP contribution in [0.2, 0.25) is 0 Å². The first-order chi connectivity index (χ1) is 9.70. The summed E-state index contributed by atoms with van der Waals surface area (Å²) >= 11 is 0. The van der Waals surface area contributed by atoms with Crippen LogP contribution in [-0.2, 0) is 11.3 Å². The van der Waals surface area contributed by atoms with Crippen LogP contribution in [0, 0.1) is 6.92 Å². The first-order valence-electron chi connectivity index (χ1n) is 6.33. The molecule has 0 fully saturated rings. The molecule has 0 bridgehead atoms. The van der Waals surface area contributed by atoms with E-state index in [1.165, 1.54) is 5.56 Å². The Kier molecular flexibility index (Phi) is 4.50. The standard InChI is InChI=1S/C16H16N2O2/c1-12-6-8-13(9-7-12)10-17-16(20)14-4-2-3-5-15(14)18-11-19/h2-9,11H,10H2,1H3,(H,17,20)(H,18,19). The minimum absolute atomic E-state index is 0.212. The van der Waals surface area contributed by atoms with E-state index < -0.39 is 0 Å². The third-order valence-electron chi connectivity index (χ3n) is 2.96. The molecule has 2 N–H and O–H groups in total. The molecule has 0 aliphatic carbocycles. The van der Waals surface area contributed by atoms with Gasteiger partial charge in [0.25, 0.3) is 5.91 Å². The number of hydrogen-bond donors (Lipinski definition) is 2. The second-order valence-corrected chi connectivity index (χ2v) is 4.48. The van der Waals surface area contributed by atoms with E-state index in [-0.39, 0.29) is 5.91 Å². The lowest BCUT2D eigenvalue weighted by Gasteiger charge is -2.09. The molecule has 4 nitrogen and oxygen atoms in total. The van der Waals surface area contributed by atoms with Crippen molar-refractivity contribution in [3.8, 4) is 0 Å². The van der Waals surface area contributed by atoms with Gasteiger partial charge in [0.1, 0.15) is 0 Å². The Labute approximate surface area is 117 Å². The van der Waals surface area contributed by atoms with Gasteiger partial charge in [0.05, 0.1) is 11.3 Å². The fourth-order valence-electron chi connectivity index (χ4n) is 1.85. The molecule has 4 heteroatoms. The second kappa shape index (κ2) is 6.52. The number of nitrogens with one attached hydrogen (secondary N) is 2. The molecule has 0 unspecified atom stereocenters. The minimum atomic E-state index is -0.212. The Morgan fingerprint density at radius 3 is 2.50 bits per heavy atom. The second-order valence-electron chi connectivity index (χ2n) is 4.48. The van der Waals surface area contributed by atoms with Crippen LogP contribution in [0.25, 0.3) is 0 Å². The zero-order valence-corrected chi connectivity index (χ0v) is 11.2. The summed E-state index contributed by atoms with van der Waals surface area (Å²) in [6.07, 6.45) is 0.562. The number of anilines is 1. The smallest absolute Gasteiger partial charge is 0.253 e. The van der Waals surface area contributed by atoms with E-state index in [0.29, 0.717) is 24.2 Å². The molecule has 0 heterocycles. The Morgan fingerprint density at radius 2 is 1.80 bits per heavy atom. The molecule has 102 valence electrons. The monoisotopic (exact) mass is 268 g/mol. The van der Waals surface area contributed by atoms with Crippen molar-refractivity contribution in [1.82, 2.24) is 5.32 Å². The summed E-state index contributed by atoms with van der Waals surface area (Å²) in [5.74, 6) is -0.212. The number of hydrogen-bond acceptors (Lipinski definition) is 2. The van der Waals surface area contributed by atoms with E-state index in [0.717, 1.165) is 5.56 Å². The van der Waals surface area contributed by atoms with Gasteiger partial charge in [-0.3, -0.25) is 9.59 Å². The van der Waals surface area contributed by atoms with Gasteiger partial charge in [-0.2, -0.15) is 0 Å². The molecule has 2 amide bonds. The molecule has 0 aromatic heterocycles. The molecular formula is C16H16N2O2. The summed E-state index contributed by atoms with van der Waals surface area (Å²) in [4.78, 5) is 22.6. The van der Waals surface area contributed by atoms with Crippen LogP contribution in [0.15, 0.2) is 48.5 Å². The molecule has 20 heavy (non-hydrogen) atoms. The normalized spacial score (nSPS) is 9.85. The van der Waals surface area contributed by atoms with E-state index in [1.807, 2.05) is 31.2 Å². The van der Waals surface area contributed by atoms with Gasteiger partial charge < -0.3 is 10.6 Å². The van der Waals surface area contributed by atoms with Gasteiger partial charge in [-0.05, 0) is 24.6 Å². The largest absolute Gasteiger partial charge is 0.348 e. The summed E-state index contributed by atoms with van der Waals surface area (Å²) in [7, 11) is 0. The Bertz CT molecular complexity index is 606. The maximum absolute atomic E-state index is 12.1. The molecule has 0 atom stereocenters. The molecule has 0 saturated heterocycles. The van der Waals surface area contributed by atoms with Crippen molar-refractivity contribution >= 4 is 18.0 Å². The first-order valence-corrected chi connectivity index (χ1v) is 6.33.